The molecule has 114 valence electrons. The number of H-pyrrole nitrogens is 1. The van der Waals surface area contributed by atoms with Crippen LogP contribution in [0.5, 0.6) is 5.88 Å². The SMILES string of the molecule is CSc1cccc(-n2nn[nH]c2=O)c1COc1ccn(C)n1. The number of tetrazole rings is 1. The molecular formula is C13H14N6O2S. The maximum absolute atomic E-state index is 11.8. The summed E-state index contributed by atoms with van der Waals surface area (Å²) >= 11 is 1.57. The Balaban J connectivity index is 1.97. The van der Waals surface area contributed by atoms with E-state index in [4.69, 9.17) is 4.74 Å². The Morgan fingerprint density at radius 2 is 2.23 bits per heavy atom. The maximum atomic E-state index is 11.8. The lowest BCUT2D eigenvalue weighted by atomic mass is 10.2. The average molecular weight is 318 g/mol. The highest BCUT2D eigenvalue weighted by Gasteiger charge is 2.14. The van der Waals surface area contributed by atoms with Gasteiger partial charge in [-0.2, -0.15) is 4.68 Å². The summed E-state index contributed by atoms with van der Waals surface area (Å²) in [7, 11) is 1.82. The molecule has 0 amide bonds. The van der Waals surface area contributed by atoms with Gasteiger partial charge in [-0.05, 0) is 28.8 Å². The normalized spacial score (nSPS) is 10.8. The predicted octanol–water partition coefficient (Wildman–Crippen LogP) is 0.990. The third kappa shape index (κ3) is 2.75. The van der Waals surface area contributed by atoms with Gasteiger partial charge < -0.3 is 4.74 Å². The van der Waals surface area contributed by atoms with Crippen LogP contribution in [0.1, 0.15) is 5.56 Å². The first-order valence-electron chi connectivity index (χ1n) is 6.48. The third-order valence-corrected chi connectivity index (χ3v) is 3.90. The molecule has 2 heterocycles. The number of thioether (sulfide) groups is 1. The van der Waals surface area contributed by atoms with Gasteiger partial charge in [-0.15, -0.1) is 16.9 Å². The van der Waals surface area contributed by atoms with Gasteiger partial charge in [-0.3, -0.25) is 4.68 Å². The summed E-state index contributed by atoms with van der Waals surface area (Å²) in [6.07, 6.45) is 3.77. The Hall–Kier alpha value is -2.55. The summed E-state index contributed by atoms with van der Waals surface area (Å²) in [4.78, 5) is 12.8. The minimum atomic E-state index is -0.391. The van der Waals surface area contributed by atoms with E-state index < -0.39 is 5.69 Å². The zero-order valence-corrected chi connectivity index (χ0v) is 12.9. The van der Waals surface area contributed by atoms with E-state index in [1.54, 1.807) is 34.8 Å². The van der Waals surface area contributed by atoms with Gasteiger partial charge >= 0.3 is 5.69 Å². The van der Waals surface area contributed by atoms with E-state index in [1.807, 2.05) is 25.4 Å². The molecule has 0 spiro atoms. The molecule has 0 saturated heterocycles. The minimum absolute atomic E-state index is 0.280. The number of benzene rings is 1. The Bertz CT molecular complexity index is 837. The van der Waals surface area contributed by atoms with Crippen molar-refractivity contribution in [1.29, 1.82) is 0 Å². The highest BCUT2D eigenvalue weighted by Crippen LogP contribution is 2.26. The van der Waals surface area contributed by atoms with Gasteiger partial charge in [0.1, 0.15) is 6.61 Å². The lowest BCUT2D eigenvalue weighted by Gasteiger charge is -2.12. The smallest absolute Gasteiger partial charge is 0.365 e. The van der Waals surface area contributed by atoms with Gasteiger partial charge in [0, 0.05) is 29.8 Å². The van der Waals surface area contributed by atoms with E-state index >= 15 is 0 Å². The predicted molar refractivity (Wildman–Crippen MR) is 81.3 cm³/mol. The van der Waals surface area contributed by atoms with Gasteiger partial charge in [0.2, 0.25) is 5.88 Å². The first-order valence-corrected chi connectivity index (χ1v) is 7.70. The molecule has 0 aliphatic rings. The fourth-order valence-electron chi connectivity index (χ4n) is 2.06. The van der Waals surface area contributed by atoms with Crippen LogP contribution in [-0.2, 0) is 13.7 Å². The molecule has 1 aromatic carbocycles. The molecule has 0 aliphatic carbocycles. The van der Waals surface area contributed by atoms with Crippen molar-refractivity contribution in [1.82, 2.24) is 30.0 Å². The summed E-state index contributed by atoms with van der Waals surface area (Å²) in [5.74, 6) is 0.525. The molecule has 22 heavy (non-hydrogen) atoms. The number of hydrogen-bond donors (Lipinski definition) is 1. The fraction of sp³-hybridized carbons (Fsp3) is 0.231. The van der Waals surface area contributed by atoms with E-state index in [-0.39, 0.29) is 6.61 Å². The molecule has 1 N–H and O–H groups in total. The molecule has 0 aliphatic heterocycles. The van der Waals surface area contributed by atoms with Gasteiger partial charge in [-0.1, -0.05) is 6.07 Å². The molecule has 0 radical (unpaired) electrons. The molecule has 3 aromatic rings. The number of hydrogen-bond acceptors (Lipinski definition) is 6. The Labute approximate surface area is 130 Å². The van der Waals surface area contributed by atoms with Crippen molar-refractivity contribution in [3.8, 4) is 11.6 Å². The molecule has 9 heteroatoms. The topological polar surface area (TPSA) is 90.6 Å². The number of nitrogens with zero attached hydrogens (tertiary/aromatic N) is 5. The van der Waals surface area contributed by atoms with Crippen molar-refractivity contribution in [3.05, 3.63) is 46.5 Å². The second kappa shape index (κ2) is 6.06. The van der Waals surface area contributed by atoms with E-state index in [0.717, 1.165) is 10.5 Å². The molecule has 0 atom stereocenters. The molecule has 0 saturated carbocycles. The van der Waals surface area contributed by atoms with Crippen molar-refractivity contribution in [3.63, 3.8) is 0 Å². The molecule has 0 bridgehead atoms. The zero-order chi connectivity index (χ0) is 15.5. The first kappa shape index (κ1) is 14.4. The van der Waals surface area contributed by atoms with E-state index in [2.05, 4.69) is 20.6 Å². The van der Waals surface area contributed by atoms with Crippen LogP contribution >= 0.6 is 11.8 Å². The van der Waals surface area contributed by atoms with Crippen molar-refractivity contribution in [2.24, 2.45) is 7.05 Å². The van der Waals surface area contributed by atoms with Crippen LogP contribution in [0.3, 0.4) is 0 Å². The van der Waals surface area contributed by atoms with E-state index in [1.165, 1.54) is 4.68 Å². The van der Waals surface area contributed by atoms with Crippen LogP contribution in [0, 0.1) is 0 Å². The van der Waals surface area contributed by atoms with Gasteiger partial charge in [0.25, 0.3) is 0 Å². The second-order valence-electron chi connectivity index (χ2n) is 4.49. The number of ether oxygens (including phenoxy) is 1. The standard InChI is InChI=1S/C13H14N6O2S/c1-18-7-6-12(15-18)21-8-9-10(4-3-5-11(9)22-2)19-13(20)14-16-17-19/h3-7H,8H2,1-2H3,(H,14,17,20). The second-order valence-corrected chi connectivity index (χ2v) is 5.34. The fourth-order valence-corrected chi connectivity index (χ4v) is 2.69. The van der Waals surface area contributed by atoms with Crippen molar-refractivity contribution in [2.75, 3.05) is 6.26 Å². The maximum Gasteiger partial charge on any atom is 0.365 e. The van der Waals surface area contributed by atoms with Crippen LogP contribution in [0.25, 0.3) is 5.69 Å². The number of aromatic nitrogens is 6. The van der Waals surface area contributed by atoms with Crippen LogP contribution in [-0.4, -0.2) is 36.2 Å². The van der Waals surface area contributed by atoms with Crippen LogP contribution in [0.2, 0.25) is 0 Å². The summed E-state index contributed by atoms with van der Waals surface area (Å²) in [6, 6.07) is 7.42. The molecular weight excluding hydrogens is 304 g/mol. The summed E-state index contributed by atoms with van der Waals surface area (Å²) in [6.45, 7) is 0.280. The van der Waals surface area contributed by atoms with Gasteiger partial charge in [0.05, 0.1) is 5.69 Å². The highest BCUT2D eigenvalue weighted by molar-refractivity contribution is 7.98. The Kier molecular flexibility index (Phi) is 3.96. The van der Waals surface area contributed by atoms with Crippen LogP contribution in [0.4, 0.5) is 0 Å². The van der Waals surface area contributed by atoms with Gasteiger partial charge in [0.15, 0.2) is 0 Å². The lowest BCUT2D eigenvalue weighted by Crippen LogP contribution is -2.18. The highest BCUT2D eigenvalue weighted by atomic mass is 32.2. The van der Waals surface area contributed by atoms with Crippen molar-refractivity contribution >= 4 is 11.8 Å². The summed E-state index contributed by atoms with van der Waals surface area (Å²) in [5.41, 5.74) is 1.11. The number of rotatable bonds is 5. The monoisotopic (exact) mass is 318 g/mol. The Morgan fingerprint density at radius 3 is 2.86 bits per heavy atom. The van der Waals surface area contributed by atoms with Crippen molar-refractivity contribution < 1.29 is 4.74 Å². The largest absolute Gasteiger partial charge is 0.472 e. The summed E-state index contributed by atoms with van der Waals surface area (Å²) < 4.78 is 8.60. The number of nitrogens with one attached hydrogen (secondary N) is 1. The molecule has 2 aromatic heterocycles. The van der Waals surface area contributed by atoms with Crippen LogP contribution < -0.4 is 10.4 Å². The number of aromatic amines is 1. The van der Waals surface area contributed by atoms with Gasteiger partial charge in [-0.25, -0.2) is 9.89 Å². The van der Waals surface area contributed by atoms with E-state index in [9.17, 15) is 4.79 Å². The van der Waals surface area contributed by atoms with E-state index in [0.29, 0.717) is 11.6 Å². The van der Waals surface area contributed by atoms with Crippen LogP contribution in [0.15, 0.2) is 40.2 Å². The molecule has 8 nitrogen and oxygen atoms in total. The first-order chi connectivity index (χ1) is 10.7. The molecule has 0 unspecified atom stereocenters. The quantitative estimate of drug-likeness (QED) is 0.706. The third-order valence-electron chi connectivity index (χ3n) is 3.08. The number of aryl methyl sites for hydroxylation is 1. The zero-order valence-electron chi connectivity index (χ0n) is 12.1. The summed E-state index contributed by atoms with van der Waals surface area (Å²) in [5, 5.41) is 13.8. The lowest BCUT2D eigenvalue weighted by molar-refractivity contribution is 0.287. The minimum Gasteiger partial charge on any atom is -0.472 e. The van der Waals surface area contributed by atoms with Crippen molar-refractivity contribution in [2.45, 2.75) is 11.5 Å². The average Bonchev–Trinajstić information content (AvgIpc) is 3.13. The molecule has 0 fully saturated rings. The molecule has 3 rings (SSSR count). The Morgan fingerprint density at radius 1 is 1.36 bits per heavy atom.